The topological polar surface area (TPSA) is 76.2 Å². The number of carbonyl (C=O) groups is 1. The second-order valence-electron chi connectivity index (χ2n) is 8.62. The summed E-state index contributed by atoms with van der Waals surface area (Å²) in [4.78, 5) is 15.3. The molecule has 1 aliphatic carbocycles. The Morgan fingerprint density at radius 1 is 1.03 bits per heavy atom. The fourth-order valence-electron chi connectivity index (χ4n) is 4.09. The maximum Gasteiger partial charge on any atom is 0.254 e. The van der Waals surface area contributed by atoms with Crippen molar-refractivity contribution in [3.8, 4) is 5.75 Å². The summed E-state index contributed by atoms with van der Waals surface area (Å²) < 4.78 is 38.5. The molecule has 2 aromatic carbocycles. The predicted octanol–water partition coefficient (Wildman–Crippen LogP) is 3.30. The third-order valence-corrected chi connectivity index (χ3v) is 7.73. The van der Waals surface area contributed by atoms with Gasteiger partial charge in [0.1, 0.15) is 5.75 Å². The van der Waals surface area contributed by atoms with Crippen molar-refractivity contribution in [1.82, 2.24) is 9.21 Å². The molecule has 0 spiro atoms. The first-order valence-electron chi connectivity index (χ1n) is 11.0. The highest BCUT2D eigenvalue weighted by Gasteiger charge is 2.34. The first-order valence-corrected chi connectivity index (χ1v) is 12.4. The number of sulfonamides is 1. The molecule has 0 unspecified atom stereocenters. The zero-order chi connectivity index (χ0) is 22.9. The quantitative estimate of drug-likeness (QED) is 0.636. The zero-order valence-electron chi connectivity index (χ0n) is 18.7. The van der Waals surface area contributed by atoms with Gasteiger partial charge in [-0.2, -0.15) is 4.31 Å². The van der Waals surface area contributed by atoms with E-state index in [0.717, 1.165) is 24.2 Å². The molecule has 7 nitrogen and oxygen atoms in total. The van der Waals surface area contributed by atoms with Crippen LogP contribution < -0.4 is 4.74 Å². The van der Waals surface area contributed by atoms with Crippen LogP contribution >= 0.6 is 0 Å². The molecular formula is C24H30N2O5S. The molecule has 172 valence electrons. The van der Waals surface area contributed by atoms with Gasteiger partial charge in [-0.05, 0) is 68.7 Å². The van der Waals surface area contributed by atoms with Crippen molar-refractivity contribution >= 4 is 15.9 Å². The van der Waals surface area contributed by atoms with Crippen LogP contribution in [0, 0.1) is 0 Å². The Kier molecular flexibility index (Phi) is 6.55. The molecular weight excluding hydrogens is 428 g/mol. The molecule has 1 saturated heterocycles. The van der Waals surface area contributed by atoms with Gasteiger partial charge in [0.15, 0.2) is 0 Å². The van der Waals surface area contributed by atoms with Gasteiger partial charge in [-0.25, -0.2) is 8.42 Å². The Bertz CT molecular complexity index is 1040. The lowest BCUT2D eigenvalue weighted by Gasteiger charge is -2.34. The summed E-state index contributed by atoms with van der Waals surface area (Å²) in [6.07, 6.45) is 1.67. The standard InChI is InChI=1S/C24H30N2O5S/c1-17-14-25(15-18(2)31-17)32(28,29)23-12-6-20(7-13-23)24(27)26(21-8-9-21)16-19-4-10-22(30-3)11-5-19/h4-7,10-13,17-18,21H,8-9,14-16H2,1-3H3/t17-,18-/m0/s1. The normalized spacial score (nSPS) is 21.8. The van der Waals surface area contributed by atoms with Crippen LogP contribution in [0.5, 0.6) is 5.75 Å². The minimum absolute atomic E-state index is 0.0825. The number of carbonyl (C=O) groups excluding carboxylic acids is 1. The molecule has 32 heavy (non-hydrogen) atoms. The van der Waals surface area contributed by atoms with Crippen molar-refractivity contribution in [3.63, 3.8) is 0 Å². The van der Waals surface area contributed by atoms with E-state index in [4.69, 9.17) is 9.47 Å². The van der Waals surface area contributed by atoms with Crippen molar-refractivity contribution in [3.05, 3.63) is 59.7 Å². The van der Waals surface area contributed by atoms with E-state index < -0.39 is 10.0 Å². The molecule has 1 saturated carbocycles. The molecule has 1 amide bonds. The maximum absolute atomic E-state index is 13.2. The van der Waals surface area contributed by atoms with Crippen LogP contribution in [-0.4, -0.2) is 62.0 Å². The number of rotatable bonds is 7. The number of benzene rings is 2. The van der Waals surface area contributed by atoms with Crippen LogP contribution in [0.1, 0.15) is 42.6 Å². The lowest BCUT2D eigenvalue weighted by molar-refractivity contribution is -0.0440. The predicted molar refractivity (Wildman–Crippen MR) is 121 cm³/mol. The molecule has 8 heteroatoms. The molecule has 2 fully saturated rings. The second kappa shape index (κ2) is 9.21. The van der Waals surface area contributed by atoms with E-state index in [0.29, 0.717) is 25.2 Å². The van der Waals surface area contributed by atoms with Crippen LogP contribution in [0.2, 0.25) is 0 Å². The Labute approximate surface area is 190 Å². The molecule has 2 aliphatic rings. The average Bonchev–Trinajstić information content (AvgIpc) is 3.62. The molecule has 0 bridgehead atoms. The van der Waals surface area contributed by atoms with Crippen LogP contribution in [-0.2, 0) is 21.3 Å². The van der Waals surface area contributed by atoms with Gasteiger partial charge in [0, 0.05) is 31.2 Å². The SMILES string of the molecule is COc1ccc(CN(C(=O)c2ccc(S(=O)(=O)N3C[C@H](C)O[C@@H](C)C3)cc2)C2CC2)cc1. The number of methoxy groups -OCH3 is 1. The van der Waals surface area contributed by atoms with Crippen LogP contribution in [0.15, 0.2) is 53.4 Å². The largest absolute Gasteiger partial charge is 0.497 e. The van der Waals surface area contributed by atoms with E-state index in [1.807, 2.05) is 43.0 Å². The van der Waals surface area contributed by atoms with Gasteiger partial charge in [0.2, 0.25) is 10.0 Å². The summed E-state index contributed by atoms with van der Waals surface area (Å²) in [6, 6.07) is 14.2. The number of ether oxygens (including phenoxy) is 2. The third kappa shape index (κ3) is 4.98. The fraction of sp³-hybridized carbons (Fsp3) is 0.458. The molecule has 2 atom stereocenters. The summed E-state index contributed by atoms with van der Waals surface area (Å²) >= 11 is 0. The van der Waals surface area contributed by atoms with Crippen LogP contribution in [0.25, 0.3) is 0 Å². The third-order valence-electron chi connectivity index (χ3n) is 5.89. The van der Waals surface area contributed by atoms with Crippen LogP contribution in [0.3, 0.4) is 0 Å². The Morgan fingerprint density at radius 3 is 2.16 bits per heavy atom. The Hall–Kier alpha value is -2.42. The van der Waals surface area contributed by atoms with Crippen molar-refractivity contribution in [2.24, 2.45) is 0 Å². The lowest BCUT2D eigenvalue weighted by Crippen LogP contribution is -2.48. The molecule has 0 aromatic heterocycles. The first-order chi connectivity index (χ1) is 15.3. The van der Waals surface area contributed by atoms with Crippen molar-refractivity contribution < 1.29 is 22.7 Å². The maximum atomic E-state index is 13.2. The van der Waals surface area contributed by atoms with E-state index in [1.54, 1.807) is 19.2 Å². The van der Waals surface area contributed by atoms with Gasteiger partial charge in [0.05, 0.1) is 24.2 Å². The molecule has 4 rings (SSSR count). The summed E-state index contributed by atoms with van der Waals surface area (Å²) in [5.41, 5.74) is 1.52. The van der Waals surface area contributed by atoms with Gasteiger partial charge in [-0.15, -0.1) is 0 Å². The van der Waals surface area contributed by atoms with E-state index in [9.17, 15) is 13.2 Å². The van der Waals surface area contributed by atoms with Gasteiger partial charge >= 0.3 is 0 Å². The average molecular weight is 459 g/mol. The minimum Gasteiger partial charge on any atom is -0.497 e. The monoisotopic (exact) mass is 458 g/mol. The summed E-state index contributed by atoms with van der Waals surface area (Å²) in [5.74, 6) is 0.694. The van der Waals surface area contributed by atoms with Crippen molar-refractivity contribution in [2.45, 2.75) is 56.4 Å². The Balaban J connectivity index is 1.50. The smallest absolute Gasteiger partial charge is 0.254 e. The summed E-state index contributed by atoms with van der Waals surface area (Å²) in [5, 5.41) is 0. The minimum atomic E-state index is -3.63. The van der Waals surface area contributed by atoms with Crippen molar-refractivity contribution in [1.29, 1.82) is 0 Å². The summed E-state index contributed by atoms with van der Waals surface area (Å²) in [6.45, 7) is 4.90. The highest BCUT2D eigenvalue weighted by atomic mass is 32.2. The highest BCUT2D eigenvalue weighted by molar-refractivity contribution is 7.89. The molecule has 2 aromatic rings. The van der Waals surface area contributed by atoms with E-state index >= 15 is 0 Å². The van der Waals surface area contributed by atoms with Gasteiger partial charge in [-0.1, -0.05) is 12.1 Å². The second-order valence-corrected chi connectivity index (χ2v) is 10.6. The Morgan fingerprint density at radius 2 is 1.62 bits per heavy atom. The van der Waals surface area contributed by atoms with Gasteiger partial charge < -0.3 is 14.4 Å². The summed E-state index contributed by atoms with van der Waals surface area (Å²) in [7, 11) is -2.01. The van der Waals surface area contributed by atoms with Gasteiger partial charge in [0.25, 0.3) is 5.91 Å². The number of morpholine rings is 1. The lowest BCUT2D eigenvalue weighted by atomic mass is 10.1. The highest BCUT2D eigenvalue weighted by Crippen LogP contribution is 2.30. The van der Waals surface area contributed by atoms with E-state index in [1.165, 1.54) is 16.4 Å². The number of amides is 1. The number of nitrogens with zero attached hydrogens (tertiary/aromatic N) is 2. The number of hydrogen-bond donors (Lipinski definition) is 0. The first kappa shape index (κ1) is 22.8. The van der Waals surface area contributed by atoms with Gasteiger partial charge in [-0.3, -0.25) is 4.79 Å². The van der Waals surface area contributed by atoms with Crippen molar-refractivity contribution in [2.75, 3.05) is 20.2 Å². The van der Waals surface area contributed by atoms with E-state index in [-0.39, 0.29) is 29.1 Å². The van der Waals surface area contributed by atoms with Crippen LogP contribution in [0.4, 0.5) is 0 Å². The van der Waals surface area contributed by atoms with E-state index in [2.05, 4.69) is 0 Å². The molecule has 0 N–H and O–H groups in total. The fourth-order valence-corrected chi connectivity index (χ4v) is 5.68. The number of hydrogen-bond acceptors (Lipinski definition) is 5. The molecule has 0 radical (unpaired) electrons. The molecule has 1 aliphatic heterocycles. The molecule has 1 heterocycles. The zero-order valence-corrected chi connectivity index (χ0v) is 19.5.